The van der Waals surface area contributed by atoms with Crippen molar-refractivity contribution >= 4 is 49.1 Å². The zero-order valence-corrected chi connectivity index (χ0v) is 18.8. The standard InChI is InChI=1S/C19H25N3O4S3/c1-2-15-8-16-18(20-12-21-19(16)28-15)27-10-17(23)22(9-14-4-3-6-26-14)13-5-7-29(24,25)11-13/h8,12-14H,2-7,9-11H2,1H3/t13-,14-/m0/s1. The van der Waals surface area contributed by atoms with E-state index in [4.69, 9.17) is 4.74 Å². The van der Waals surface area contributed by atoms with E-state index in [-0.39, 0.29) is 35.3 Å². The van der Waals surface area contributed by atoms with Crippen LogP contribution in [0.2, 0.25) is 0 Å². The van der Waals surface area contributed by atoms with Gasteiger partial charge in [0.15, 0.2) is 9.84 Å². The Morgan fingerprint density at radius 3 is 2.93 bits per heavy atom. The van der Waals surface area contributed by atoms with Crippen molar-refractivity contribution in [2.45, 2.75) is 49.8 Å². The molecule has 4 heterocycles. The van der Waals surface area contributed by atoms with Gasteiger partial charge in [0, 0.05) is 29.5 Å². The predicted octanol–water partition coefficient (Wildman–Crippen LogP) is 2.54. The highest BCUT2D eigenvalue weighted by Gasteiger charge is 2.36. The van der Waals surface area contributed by atoms with Crippen molar-refractivity contribution < 1.29 is 17.9 Å². The first kappa shape index (κ1) is 21.0. The average Bonchev–Trinajstić information content (AvgIpc) is 3.43. The van der Waals surface area contributed by atoms with Gasteiger partial charge in [-0.15, -0.1) is 11.3 Å². The number of rotatable bonds is 7. The smallest absolute Gasteiger partial charge is 0.233 e. The molecule has 2 aliphatic heterocycles. The largest absolute Gasteiger partial charge is 0.376 e. The van der Waals surface area contributed by atoms with Gasteiger partial charge >= 0.3 is 0 Å². The summed E-state index contributed by atoms with van der Waals surface area (Å²) >= 11 is 3.05. The molecule has 2 saturated heterocycles. The Morgan fingerprint density at radius 2 is 2.24 bits per heavy atom. The summed E-state index contributed by atoms with van der Waals surface area (Å²) in [6.07, 6.45) is 4.89. The van der Waals surface area contributed by atoms with Crippen molar-refractivity contribution in [3.8, 4) is 0 Å². The number of carbonyl (C=O) groups is 1. The molecule has 2 aliphatic rings. The maximum atomic E-state index is 13.1. The molecule has 2 aromatic heterocycles. The number of sulfone groups is 1. The van der Waals surface area contributed by atoms with Crippen molar-refractivity contribution in [3.63, 3.8) is 0 Å². The molecule has 0 radical (unpaired) electrons. The molecule has 1 amide bonds. The molecule has 0 spiro atoms. The van der Waals surface area contributed by atoms with Crippen LogP contribution in [0.3, 0.4) is 0 Å². The molecule has 0 unspecified atom stereocenters. The maximum Gasteiger partial charge on any atom is 0.233 e. The van der Waals surface area contributed by atoms with E-state index in [0.717, 1.165) is 34.5 Å². The van der Waals surface area contributed by atoms with Crippen LogP contribution in [0.1, 0.15) is 31.1 Å². The van der Waals surface area contributed by atoms with Crippen LogP contribution in [-0.4, -0.2) is 71.7 Å². The lowest BCUT2D eigenvalue weighted by Gasteiger charge is -2.30. The van der Waals surface area contributed by atoms with Crippen LogP contribution in [-0.2, 0) is 25.8 Å². The number of ether oxygens (including phenoxy) is 1. The fourth-order valence-corrected chi connectivity index (χ4v) is 7.46. The van der Waals surface area contributed by atoms with E-state index in [0.29, 0.717) is 19.6 Å². The zero-order valence-electron chi connectivity index (χ0n) is 16.4. The van der Waals surface area contributed by atoms with E-state index in [2.05, 4.69) is 23.0 Å². The number of fused-ring (bicyclic) bond motifs is 1. The van der Waals surface area contributed by atoms with Gasteiger partial charge in [0.1, 0.15) is 16.2 Å². The third-order valence-corrected chi connectivity index (χ3v) is 9.35. The van der Waals surface area contributed by atoms with E-state index >= 15 is 0 Å². The number of hydrogen-bond acceptors (Lipinski definition) is 8. The third kappa shape index (κ3) is 4.92. The highest BCUT2D eigenvalue weighted by atomic mass is 32.2. The molecular formula is C19H25N3O4S3. The van der Waals surface area contributed by atoms with Gasteiger partial charge in [-0.1, -0.05) is 18.7 Å². The molecule has 0 N–H and O–H groups in total. The number of aromatic nitrogens is 2. The second-order valence-electron chi connectivity index (χ2n) is 7.49. The highest BCUT2D eigenvalue weighted by molar-refractivity contribution is 8.00. The van der Waals surface area contributed by atoms with Crippen molar-refractivity contribution in [3.05, 3.63) is 17.3 Å². The molecule has 2 atom stereocenters. The minimum atomic E-state index is -3.06. The van der Waals surface area contributed by atoms with Gasteiger partial charge in [-0.25, -0.2) is 18.4 Å². The molecule has 2 aromatic rings. The third-order valence-electron chi connectivity index (χ3n) is 5.42. The molecule has 2 fully saturated rings. The maximum absolute atomic E-state index is 13.1. The number of carbonyl (C=O) groups excluding carboxylic acids is 1. The lowest BCUT2D eigenvalue weighted by atomic mass is 10.1. The first-order chi connectivity index (χ1) is 13.9. The summed E-state index contributed by atoms with van der Waals surface area (Å²) in [7, 11) is -3.06. The van der Waals surface area contributed by atoms with Crippen molar-refractivity contribution in [2.75, 3.05) is 30.4 Å². The molecule has 4 rings (SSSR count). The van der Waals surface area contributed by atoms with Crippen LogP contribution >= 0.6 is 23.1 Å². The fourth-order valence-electron chi connectivity index (χ4n) is 3.87. The number of thiophene rings is 1. The summed E-state index contributed by atoms with van der Waals surface area (Å²) in [5, 5.41) is 1.79. The quantitative estimate of drug-likeness (QED) is 0.468. The Labute approximate surface area is 179 Å². The Kier molecular flexibility index (Phi) is 6.43. The molecule has 7 nitrogen and oxygen atoms in total. The van der Waals surface area contributed by atoms with Crippen LogP contribution < -0.4 is 0 Å². The molecule has 158 valence electrons. The first-order valence-electron chi connectivity index (χ1n) is 9.93. The number of amides is 1. The van der Waals surface area contributed by atoms with E-state index in [9.17, 15) is 13.2 Å². The Morgan fingerprint density at radius 1 is 1.38 bits per heavy atom. The number of hydrogen-bond donors (Lipinski definition) is 0. The van der Waals surface area contributed by atoms with Gasteiger partial charge < -0.3 is 9.64 Å². The predicted molar refractivity (Wildman–Crippen MR) is 115 cm³/mol. The normalized spacial score (nSPS) is 23.6. The molecule has 0 aliphatic carbocycles. The Balaban J connectivity index is 1.48. The summed E-state index contributed by atoms with van der Waals surface area (Å²) in [6.45, 7) is 3.28. The molecular weight excluding hydrogens is 430 g/mol. The SMILES string of the molecule is CCc1cc2c(SCC(=O)N(C[C@@H]3CCCO3)[C@H]3CCS(=O)(=O)C3)ncnc2s1. The second kappa shape index (κ2) is 8.87. The molecule has 0 aromatic carbocycles. The van der Waals surface area contributed by atoms with E-state index in [1.165, 1.54) is 16.6 Å². The summed E-state index contributed by atoms with van der Waals surface area (Å²) < 4.78 is 29.7. The topological polar surface area (TPSA) is 89.5 Å². The average molecular weight is 456 g/mol. The van der Waals surface area contributed by atoms with Crippen LogP contribution in [0.5, 0.6) is 0 Å². The number of nitrogens with zero attached hydrogens (tertiary/aromatic N) is 3. The monoisotopic (exact) mass is 455 g/mol. The van der Waals surface area contributed by atoms with Gasteiger partial charge in [0.25, 0.3) is 0 Å². The number of aryl methyl sites for hydroxylation is 1. The minimum Gasteiger partial charge on any atom is -0.376 e. The van der Waals surface area contributed by atoms with E-state index in [1.54, 1.807) is 22.6 Å². The summed E-state index contributed by atoms with van der Waals surface area (Å²) in [5.74, 6) is 0.386. The van der Waals surface area contributed by atoms with Crippen molar-refractivity contribution in [1.29, 1.82) is 0 Å². The lowest BCUT2D eigenvalue weighted by Crippen LogP contribution is -2.46. The first-order valence-corrected chi connectivity index (χ1v) is 13.5. The second-order valence-corrected chi connectivity index (χ2v) is 11.8. The zero-order chi connectivity index (χ0) is 20.4. The van der Waals surface area contributed by atoms with Gasteiger partial charge in [-0.3, -0.25) is 4.79 Å². The van der Waals surface area contributed by atoms with Gasteiger partial charge in [-0.05, 0) is 31.7 Å². The summed E-state index contributed by atoms with van der Waals surface area (Å²) in [5.41, 5.74) is 0. The lowest BCUT2D eigenvalue weighted by molar-refractivity contribution is -0.131. The fraction of sp³-hybridized carbons (Fsp3) is 0.632. The minimum absolute atomic E-state index is 0.00185. The molecule has 29 heavy (non-hydrogen) atoms. The van der Waals surface area contributed by atoms with E-state index < -0.39 is 9.84 Å². The van der Waals surface area contributed by atoms with Crippen LogP contribution in [0, 0.1) is 0 Å². The number of thioether (sulfide) groups is 1. The molecule has 0 bridgehead atoms. The molecule has 10 heteroatoms. The van der Waals surface area contributed by atoms with Crippen LogP contribution in [0.4, 0.5) is 0 Å². The highest BCUT2D eigenvalue weighted by Crippen LogP contribution is 2.31. The Hall–Kier alpha value is -1.23. The van der Waals surface area contributed by atoms with Gasteiger partial charge in [0.2, 0.25) is 5.91 Å². The van der Waals surface area contributed by atoms with Crippen LogP contribution in [0.15, 0.2) is 17.4 Å². The summed E-state index contributed by atoms with van der Waals surface area (Å²) in [6, 6.07) is 1.84. The van der Waals surface area contributed by atoms with Gasteiger partial charge in [0.05, 0.1) is 23.4 Å². The van der Waals surface area contributed by atoms with Crippen molar-refractivity contribution in [2.24, 2.45) is 0 Å². The van der Waals surface area contributed by atoms with Crippen molar-refractivity contribution in [1.82, 2.24) is 14.9 Å². The summed E-state index contributed by atoms with van der Waals surface area (Å²) in [4.78, 5) is 25.7. The molecule has 0 saturated carbocycles. The van der Waals surface area contributed by atoms with Crippen LogP contribution in [0.25, 0.3) is 10.2 Å². The van der Waals surface area contributed by atoms with E-state index in [1.807, 2.05) is 0 Å². The van der Waals surface area contributed by atoms with Gasteiger partial charge in [-0.2, -0.15) is 0 Å². The Bertz CT molecular complexity index is 986.